The van der Waals surface area contributed by atoms with Crippen molar-refractivity contribution in [2.75, 3.05) is 0 Å². The van der Waals surface area contributed by atoms with Gasteiger partial charge in [-0.25, -0.2) is 0 Å². The number of ether oxygens (including phenoxy) is 1. The number of aromatic nitrogens is 2. The van der Waals surface area contributed by atoms with E-state index in [-0.39, 0.29) is 0 Å². The molecular formula is C12H13ClN2O. The predicted molar refractivity (Wildman–Crippen MR) is 63.7 cm³/mol. The molecule has 2 aromatic rings. The van der Waals surface area contributed by atoms with E-state index in [0.29, 0.717) is 11.6 Å². The van der Waals surface area contributed by atoms with Gasteiger partial charge in [-0.3, -0.25) is 4.68 Å². The molecule has 3 nitrogen and oxygen atoms in total. The minimum Gasteiger partial charge on any atom is -0.487 e. The van der Waals surface area contributed by atoms with Crippen LogP contribution in [-0.2, 0) is 13.7 Å². The quantitative estimate of drug-likeness (QED) is 0.819. The Bertz CT molecular complexity index is 476. The largest absolute Gasteiger partial charge is 0.487 e. The lowest BCUT2D eigenvalue weighted by Crippen LogP contribution is -2.02. The highest BCUT2D eigenvalue weighted by Gasteiger charge is 2.02. The van der Waals surface area contributed by atoms with Crippen molar-refractivity contribution in [3.8, 4) is 5.75 Å². The predicted octanol–water partition coefficient (Wildman–Crippen LogP) is 2.96. The van der Waals surface area contributed by atoms with E-state index in [0.717, 1.165) is 17.1 Å². The van der Waals surface area contributed by atoms with Gasteiger partial charge in [-0.2, -0.15) is 5.10 Å². The Hall–Kier alpha value is -1.48. The van der Waals surface area contributed by atoms with Crippen molar-refractivity contribution in [2.24, 2.45) is 7.05 Å². The summed E-state index contributed by atoms with van der Waals surface area (Å²) in [7, 11) is 1.91. The van der Waals surface area contributed by atoms with Crippen LogP contribution >= 0.6 is 11.6 Å². The van der Waals surface area contributed by atoms with E-state index in [9.17, 15) is 0 Å². The summed E-state index contributed by atoms with van der Waals surface area (Å²) >= 11 is 5.79. The van der Waals surface area contributed by atoms with Gasteiger partial charge >= 0.3 is 0 Å². The molecule has 16 heavy (non-hydrogen) atoms. The molecule has 2 rings (SSSR count). The van der Waals surface area contributed by atoms with Gasteiger partial charge in [-0.1, -0.05) is 11.6 Å². The fourth-order valence-corrected chi connectivity index (χ4v) is 1.61. The Kier molecular flexibility index (Phi) is 3.15. The molecule has 0 atom stereocenters. The molecule has 0 N–H and O–H groups in total. The lowest BCUT2D eigenvalue weighted by molar-refractivity contribution is 0.295. The van der Waals surface area contributed by atoms with Gasteiger partial charge in [-0.15, -0.1) is 0 Å². The van der Waals surface area contributed by atoms with Crippen LogP contribution in [0.1, 0.15) is 11.4 Å². The van der Waals surface area contributed by atoms with Gasteiger partial charge in [0.15, 0.2) is 0 Å². The van der Waals surface area contributed by atoms with E-state index >= 15 is 0 Å². The molecule has 0 amide bonds. The van der Waals surface area contributed by atoms with E-state index in [4.69, 9.17) is 16.3 Å². The number of benzene rings is 1. The highest BCUT2D eigenvalue weighted by molar-refractivity contribution is 6.30. The number of nitrogens with zero attached hydrogens (tertiary/aromatic N) is 2. The zero-order valence-electron chi connectivity index (χ0n) is 9.27. The van der Waals surface area contributed by atoms with E-state index < -0.39 is 0 Å². The second kappa shape index (κ2) is 4.58. The zero-order chi connectivity index (χ0) is 11.5. The van der Waals surface area contributed by atoms with Crippen LogP contribution in [0.5, 0.6) is 5.75 Å². The highest BCUT2D eigenvalue weighted by Crippen LogP contribution is 2.16. The minimum atomic E-state index is 0.513. The molecule has 0 aliphatic carbocycles. The smallest absolute Gasteiger partial charge is 0.130 e. The standard InChI is InChI=1S/C12H13ClN2O/c1-9-7-11(15(2)14-9)8-16-12-5-3-10(13)4-6-12/h3-7H,8H2,1-2H3. The number of aryl methyl sites for hydroxylation is 2. The summed E-state index contributed by atoms with van der Waals surface area (Å²) in [4.78, 5) is 0. The summed E-state index contributed by atoms with van der Waals surface area (Å²) in [5.74, 6) is 0.809. The van der Waals surface area contributed by atoms with Crippen LogP contribution in [0.2, 0.25) is 5.02 Å². The molecule has 0 bridgehead atoms. The van der Waals surface area contributed by atoms with Gasteiger partial charge < -0.3 is 4.74 Å². The van der Waals surface area contributed by atoms with Crippen LogP contribution in [0.3, 0.4) is 0 Å². The van der Waals surface area contributed by atoms with Gasteiger partial charge in [0.25, 0.3) is 0 Å². The third-order valence-corrected chi connectivity index (χ3v) is 2.55. The molecule has 1 aromatic heterocycles. The third-order valence-electron chi connectivity index (χ3n) is 2.30. The average Bonchev–Trinajstić information content (AvgIpc) is 2.57. The van der Waals surface area contributed by atoms with E-state index in [2.05, 4.69) is 5.10 Å². The lowest BCUT2D eigenvalue weighted by atomic mass is 10.3. The Morgan fingerprint density at radius 2 is 2.00 bits per heavy atom. The van der Waals surface area contributed by atoms with Crippen LogP contribution in [0.4, 0.5) is 0 Å². The second-order valence-electron chi connectivity index (χ2n) is 3.64. The van der Waals surface area contributed by atoms with Crippen molar-refractivity contribution in [1.82, 2.24) is 9.78 Å². The summed E-state index contributed by atoms with van der Waals surface area (Å²) in [5, 5.41) is 4.96. The molecule has 0 unspecified atom stereocenters. The zero-order valence-corrected chi connectivity index (χ0v) is 10.0. The van der Waals surface area contributed by atoms with Crippen molar-refractivity contribution in [1.29, 1.82) is 0 Å². The van der Waals surface area contributed by atoms with E-state index in [1.54, 1.807) is 0 Å². The first-order valence-electron chi connectivity index (χ1n) is 5.03. The Morgan fingerprint density at radius 1 is 1.31 bits per heavy atom. The summed E-state index contributed by atoms with van der Waals surface area (Å²) in [5.41, 5.74) is 2.05. The highest BCUT2D eigenvalue weighted by atomic mass is 35.5. The SMILES string of the molecule is Cc1cc(COc2ccc(Cl)cc2)n(C)n1. The monoisotopic (exact) mass is 236 g/mol. The van der Waals surface area contributed by atoms with Crippen LogP contribution in [0.15, 0.2) is 30.3 Å². The van der Waals surface area contributed by atoms with Gasteiger partial charge in [0, 0.05) is 12.1 Å². The maximum atomic E-state index is 5.79. The van der Waals surface area contributed by atoms with Crippen molar-refractivity contribution in [3.05, 3.63) is 46.7 Å². The lowest BCUT2D eigenvalue weighted by Gasteiger charge is -2.05. The third kappa shape index (κ3) is 2.55. The van der Waals surface area contributed by atoms with Gasteiger partial charge in [0.05, 0.1) is 11.4 Å². The van der Waals surface area contributed by atoms with Crippen LogP contribution in [0.25, 0.3) is 0 Å². The van der Waals surface area contributed by atoms with Crippen molar-refractivity contribution < 1.29 is 4.74 Å². The summed E-state index contributed by atoms with van der Waals surface area (Å²) in [6, 6.07) is 9.34. The Labute approximate surface area is 99.6 Å². The molecule has 0 saturated carbocycles. The maximum Gasteiger partial charge on any atom is 0.130 e. The van der Waals surface area contributed by atoms with Crippen molar-refractivity contribution >= 4 is 11.6 Å². The maximum absolute atomic E-state index is 5.79. The average molecular weight is 237 g/mol. The number of hydrogen-bond donors (Lipinski definition) is 0. The van der Waals surface area contributed by atoms with Gasteiger partial charge in [0.2, 0.25) is 0 Å². The molecule has 84 valence electrons. The molecule has 4 heteroatoms. The summed E-state index contributed by atoms with van der Waals surface area (Å²) in [6.45, 7) is 2.48. The normalized spacial score (nSPS) is 10.4. The van der Waals surface area contributed by atoms with Crippen molar-refractivity contribution in [2.45, 2.75) is 13.5 Å². The molecule has 0 fully saturated rings. The minimum absolute atomic E-state index is 0.513. The molecule has 0 radical (unpaired) electrons. The van der Waals surface area contributed by atoms with E-state index in [1.807, 2.05) is 49.0 Å². The van der Waals surface area contributed by atoms with Gasteiger partial charge in [-0.05, 0) is 37.3 Å². The second-order valence-corrected chi connectivity index (χ2v) is 4.08. The van der Waals surface area contributed by atoms with Crippen LogP contribution in [-0.4, -0.2) is 9.78 Å². The molecule has 1 aromatic carbocycles. The molecule has 0 aliphatic heterocycles. The Balaban J connectivity index is 2.02. The molecule has 0 saturated heterocycles. The fraction of sp³-hybridized carbons (Fsp3) is 0.250. The van der Waals surface area contributed by atoms with E-state index in [1.165, 1.54) is 0 Å². The van der Waals surface area contributed by atoms with Crippen LogP contribution < -0.4 is 4.74 Å². The summed E-state index contributed by atoms with van der Waals surface area (Å²) < 4.78 is 7.45. The first-order valence-corrected chi connectivity index (χ1v) is 5.41. The van der Waals surface area contributed by atoms with Gasteiger partial charge in [0.1, 0.15) is 12.4 Å². The van der Waals surface area contributed by atoms with Crippen LogP contribution in [0, 0.1) is 6.92 Å². The number of halogens is 1. The molecule has 0 spiro atoms. The summed E-state index contributed by atoms with van der Waals surface area (Å²) in [6.07, 6.45) is 0. The Morgan fingerprint density at radius 3 is 2.56 bits per heavy atom. The number of hydrogen-bond acceptors (Lipinski definition) is 2. The molecular weight excluding hydrogens is 224 g/mol. The first-order chi connectivity index (χ1) is 7.65. The molecule has 0 aliphatic rings. The topological polar surface area (TPSA) is 27.1 Å². The number of rotatable bonds is 3. The molecule has 1 heterocycles. The van der Waals surface area contributed by atoms with Crippen molar-refractivity contribution in [3.63, 3.8) is 0 Å². The first kappa shape index (κ1) is 11.0. The fourth-order valence-electron chi connectivity index (χ4n) is 1.49.